The Morgan fingerprint density at radius 3 is 2.75 bits per heavy atom. The molecule has 5 nitrogen and oxygen atoms in total. The van der Waals surface area contributed by atoms with Gasteiger partial charge in [0.05, 0.1) is 16.2 Å². The normalized spacial score (nSPS) is 19.7. The Morgan fingerprint density at radius 1 is 1.29 bits per heavy atom. The first kappa shape index (κ1) is 15.6. The zero-order chi connectivity index (χ0) is 16.8. The number of aromatic hydroxyl groups is 1. The minimum absolute atomic E-state index is 0.0545. The summed E-state index contributed by atoms with van der Waals surface area (Å²) in [6.07, 6.45) is 1.79. The first-order chi connectivity index (χ1) is 11.6. The van der Waals surface area contributed by atoms with Gasteiger partial charge in [-0.25, -0.2) is 0 Å². The number of fused-ring (bicyclic) bond motifs is 1. The standard InChI is InChI=1S/C18H17IN2O3/c1-24-15-9-10(8-13(19)16(15)22)17-20-14-5-3-2-4-12(14)18(23)21(17)11-6-7-11/h2-5,8-9,11,17,20,22H,6-7H2,1H3. The molecule has 4 rings (SSSR count). The second-order valence-corrected chi connectivity index (χ2v) is 7.25. The van der Waals surface area contributed by atoms with Crippen LogP contribution in [0, 0.1) is 3.57 Å². The number of nitrogens with zero attached hydrogens (tertiary/aromatic N) is 1. The van der Waals surface area contributed by atoms with E-state index in [1.165, 1.54) is 7.11 Å². The molecule has 0 saturated heterocycles. The van der Waals surface area contributed by atoms with Crippen LogP contribution in [0.5, 0.6) is 11.5 Å². The Bertz CT molecular complexity index is 820. The summed E-state index contributed by atoms with van der Waals surface area (Å²) in [4.78, 5) is 14.9. The van der Waals surface area contributed by atoms with Crippen LogP contribution in [0.15, 0.2) is 36.4 Å². The highest BCUT2D eigenvalue weighted by Crippen LogP contribution is 2.43. The summed E-state index contributed by atoms with van der Waals surface area (Å²) in [5.41, 5.74) is 2.45. The van der Waals surface area contributed by atoms with Crippen molar-refractivity contribution < 1.29 is 14.6 Å². The first-order valence-corrected chi connectivity index (χ1v) is 8.92. The number of benzene rings is 2. The van der Waals surface area contributed by atoms with Crippen molar-refractivity contribution in [1.29, 1.82) is 0 Å². The molecule has 1 unspecified atom stereocenters. The molecule has 2 N–H and O–H groups in total. The van der Waals surface area contributed by atoms with Crippen LogP contribution < -0.4 is 10.1 Å². The molecule has 1 heterocycles. The molecule has 124 valence electrons. The van der Waals surface area contributed by atoms with Crippen LogP contribution in [-0.2, 0) is 0 Å². The number of amides is 1. The average Bonchev–Trinajstić information content (AvgIpc) is 3.42. The van der Waals surface area contributed by atoms with Crippen LogP contribution in [-0.4, -0.2) is 29.1 Å². The number of hydrogen-bond donors (Lipinski definition) is 2. The summed E-state index contributed by atoms with van der Waals surface area (Å²) < 4.78 is 5.98. The lowest BCUT2D eigenvalue weighted by molar-refractivity contribution is 0.0666. The third kappa shape index (κ3) is 2.49. The van der Waals surface area contributed by atoms with Gasteiger partial charge in [-0.2, -0.15) is 0 Å². The smallest absolute Gasteiger partial charge is 0.258 e. The molecule has 0 spiro atoms. The lowest BCUT2D eigenvalue weighted by atomic mass is 10.0. The molecule has 0 aromatic heterocycles. The van der Waals surface area contributed by atoms with Gasteiger partial charge in [0.25, 0.3) is 5.91 Å². The van der Waals surface area contributed by atoms with Gasteiger partial charge in [0.15, 0.2) is 11.5 Å². The molecule has 0 radical (unpaired) electrons. The molecule has 2 aromatic carbocycles. The zero-order valence-electron chi connectivity index (χ0n) is 13.1. The summed E-state index contributed by atoms with van der Waals surface area (Å²) >= 11 is 2.08. The topological polar surface area (TPSA) is 61.8 Å². The van der Waals surface area contributed by atoms with Gasteiger partial charge >= 0.3 is 0 Å². The van der Waals surface area contributed by atoms with Gasteiger partial charge in [-0.1, -0.05) is 12.1 Å². The Kier molecular flexibility index (Phi) is 3.79. The molecule has 1 aliphatic heterocycles. The number of hydrogen-bond acceptors (Lipinski definition) is 4. The van der Waals surface area contributed by atoms with Gasteiger partial charge in [0.1, 0.15) is 6.17 Å². The molecule has 0 bridgehead atoms. The molecule has 2 aromatic rings. The highest BCUT2D eigenvalue weighted by atomic mass is 127. The SMILES string of the molecule is COc1cc(C2Nc3ccccc3C(=O)N2C2CC2)cc(I)c1O. The second-order valence-electron chi connectivity index (χ2n) is 6.09. The molecule has 24 heavy (non-hydrogen) atoms. The van der Waals surface area contributed by atoms with E-state index in [2.05, 4.69) is 27.9 Å². The largest absolute Gasteiger partial charge is 0.504 e. The van der Waals surface area contributed by atoms with Gasteiger partial charge in [-0.05, 0) is 65.3 Å². The van der Waals surface area contributed by atoms with Crippen LogP contribution in [0.1, 0.15) is 34.9 Å². The van der Waals surface area contributed by atoms with E-state index < -0.39 is 0 Å². The van der Waals surface area contributed by atoms with E-state index in [4.69, 9.17) is 4.74 Å². The maximum atomic E-state index is 13.0. The maximum absolute atomic E-state index is 13.0. The molecular weight excluding hydrogens is 419 g/mol. The number of halogens is 1. The quantitative estimate of drug-likeness (QED) is 0.720. The van der Waals surface area contributed by atoms with Crippen molar-refractivity contribution in [3.8, 4) is 11.5 Å². The molecule has 1 saturated carbocycles. The fourth-order valence-electron chi connectivity index (χ4n) is 3.15. The number of ether oxygens (including phenoxy) is 1. The van der Waals surface area contributed by atoms with Crippen molar-refractivity contribution in [2.24, 2.45) is 0 Å². The number of methoxy groups -OCH3 is 1. The lowest BCUT2D eigenvalue weighted by Crippen LogP contribution is -2.44. The van der Waals surface area contributed by atoms with Crippen molar-refractivity contribution in [2.75, 3.05) is 12.4 Å². The van der Waals surface area contributed by atoms with E-state index in [1.54, 1.807) is 6.07 Å². The third-order valence-electron chi connectivity index (χ3n) is 4.49. The summed E-state index contributed by atoms with van der Waals surface area (Å²) in [6, 6.07) is 11.5. The number of phenolic OH excluding ortho intramolecular Hbond substituents is 1. The van der Waals surface area contributed by atoms with Crippen molar-refractivity contribution >= 4 is 34.2 Å². The van der Waals surface area contributed by atoms with Crippen LogP contribution in [0.25, 0.3) is 0 Å². The van der Waals surface area contributed by atoms with E-state index in [0.29, 0.717) is 14.9 Å². The number of carbonyl (C=O) groups excluding carboxylic acids is 1. The Labute approximate surface area is 153 Å². The molecule has 1 atom stereocenters. The number of phenols is 1. The second kappa shape index (κ2) is 5.84. The third-order valence-corrected chi connectivity index (χ3v) is 5.31. The van der Waals surface area contributed by atoms with Crippen molar-refractivity contribution in [3.05, 3.63) is 51.1 Å². The summed E-state index contributed by atoms with van der Waals surface area (Å²) in [6.45, 7) is 0. The van der Waals surface area contributed by atoms with E-state index in [0.717, 1.165) is 24.1 Å². The molecule has 6 heteroatoms. The first-order valence-electron chi connectivity index (χ1n) is 7.84. The Morgan fingerprint density at radius 2 is 2.04 bits per heavy atom. The molecule has 1 amide bonds. The molecule has 1 fully saturated rings. The predicted molar refractivity (Wildman–Crippen MR) is 99.4 cm³/mol. The van der Waals surface area contributed by atoms with Crippen LogP contribution in [0.3, 0.4) is 0 Å². The predicted octanol–water partition coefficient (Wildman–Crippen LogP) is 3.73. The van der Waals surface area contributed by atoms with E-state index in [9.17, 15) is 9.90 Å². The monoisotopic (exact) mass is 436 g/mol. The molecule has 1 aliphatic carbocycles. The highest BCUT2D eigenvalue weighted by molar-refractivity contribution is 14.1. The lowest BCUT2D eigenvalue weighted by Gasteiger charge is -2.38. The number of para-hydroxylation sites is 1. The molecular formula is C18H17IN2O3. The van der Waals surface area contributed by atoms with E-state index in [-0.39, 0.29) is 23.9 Å². The van der Waals surface area contributed by atoms with Gasteiger partial charge in [-0.15, -0.1) is 0 Å². The minimum Gasteiger partial charge on any atom is -0.504 e. The fraction of sp³-hybridized carbons (Fsp3) is 0.278. The Balaban J connectivity index is 1.82. The number of carbonyl (C=O) groups is 1. The van der Waals surface area contributed by atoms with Gasteiger partial charge in [-0.3, -0.25) is 4.79 Å². The van der Waals surface area contributed by atoms with Crippen molar-refractivity contribution in [1.82, 2.24) is 4.90 Å². The Hall–Kier alpha value is -1.96. The van der Waals surface area contributed by atoms with Gasteiger partial charge < -0.3 is 20.1 Å². The van der Waals surface area contributed by atoms with Gasteiger partial charge in [0, 0.05) is 11.7 Å². The van der Waals surface area contributed by atoms with Crippen LogP contribution >= 0.6 is 22.6 Å². The number of nitrogens with one attached hydrogen (secondary N) is 1. The minimum atomic E-state index is -0.261. The summed E-state index contributed by atoms with van der Waals surface area (Å²) in [5.74, 6) is 0.599. The number of rotatable bonds is 3. The summed E-state index contributed by atoms with van der Waals surface area (Å²) in [5, 5.41) is 13.6. The number of anilines is 1. The van der Waals surface area contributed by atoms with Crippen molar-refractivity contribution in [2.45, 2.75) is 25.0 Å². The van der Waals surface area contributed by atoms with E-state index in [1.807, 2.05) is 35.2 Å². The van der Waals surface area contributed by atoms with Crippen molar-refractivity contribution in [3.63, 3.8) is 0 Å². The fourth-order valence-corrected chi connectivity index (χ4v) is 3.77. The molecule has 2 aliphatic rings. The van der Waals surface area contributed by atoms with Crippen LogP contribution in [0.2, 0.25) is 0 Å². The van der Waals surface area contributed by atoms with E-state index >= 15 is 0 Å². The zero-order valence-corrected chi connectivity index (χ0v) is 15.3. The average molecular weight is 436 g/mol. The maximum Gasteiger partial charge on any atom is 0.258 e. The van der Waals surface area contributed by atoms with Crippen LogP contribution in [0.4, 0.5) is 5.69 Å². The van der Waals surface area contributed by atoms with Gasteiger partial charge in [0.2, 0.25) is 0 Å². The summed E-state index contributed by atoms with van der Waals surface area (Å²) in [7, 11) is 1.53. The highest BCUT2D eigenvalue weighted by Gasteiger charge is 2.42.